The Hall–Kier alpha value is -1.80. The van der Waals surface area contributed by atoms with Crippen LogP contribution in [-0.4, -0.2) is 49.2 Å². The van der Waals surface area contributed by atoms with E-state index in [4.69, 9.17) is 9.47 Å². The molecule has 1 aromatic carbocycles. The van der Waals surface area contributed by atoms with E-state index in [9.17, 15) is 23.1 Å². The van der Waals surface area contributed by atoms with Crippen LogP contribution in [0.15, 0.2) is 24.3 Å². The molecular formula is C20H26F3NO4. The molecule has 1 aliphatic carbocycles. The van der Waals surface area contributed by atoms with Crippen molar-refractivity contribution in [1.82, 2.24) is 0 Å². The average molecular weight is 401 g/mol. The van der Waals surface area contributed by atoms with Crippen LogP contribution in [0.4, 0.5) is 18.9 Å². The summed E-state index contributed by atoms with van der Waals surface area (Å²) >= 11 is 0. The number of benzene rings is 1. The molecule has 1 saturated heterocycles. The Bertz CT molecular complexity index is 696. The Morgan fingerprint density at radius 1 is 1.14 bits per heavy atom. The van der Waals surface area contributed by atoms with E-state index in [1.165, 1.54) is 12.1 Å². The summed E-state index contributed by atoms with van der Waals surface area (Å²) in [5.74, 6) is 0.126. The number of anilines is 1. The number of hydrogen-bond acceptors (Lipinski definition) is 4. The number of alkyl halides is 3. The Kier molecular flexibility index (Phi) is 5.64. The maximum Gasteiger partial charge on any atom is 0.425 e. The second-order valence-electron chi connectivity index (χ2n) is 7.94. The number of nitrogens with zero attached hydrogens (tertiary/aromatic N) is 1. The van der Waals surface area contributed by atoms with Crippen LogP contribution in [0.5, 0.6) is 5.75 Å². The SMILES string of the molecule is COC[C@]1(O)CC[C@]2(CCN(c3ccc(O[C@@H](C)C(F)(F)F)cc3)C2=O)CC1. The fourth-order valence-electron chi connectivity index (χ4n) is 4.11. The van der Waals surface area contributed by atoms with E-state index in [1.54, 1.807) is 24.1 Å². The Labute approximate surface area is 162 Å². The van der Waals surface area contributed by atoms with E-state index in [0.717, 1.165) is 6.92 Å². The minimum Gasteiger partial charge on any atom is -0.481 e. The summed E-state index contributed by atoms with van der Waals surface area (Å²) in [7, 11) is 1.55. The molecule has 28 heavy (non-hydrogen) atoms. The van der Waals surface area contributed by atoms with Gasteiger partial charge in [0.15, 0.2) is 6.10 Å². The van der Waals surface area contributed by atoms with Gasteiger partial charge in [-0.2, -0.15) is 13.2 Å². The molecule has 2 aliphatic rings. The van der Waals surface area contributed by atoms with Gasteiger partial charge in [-0.25, -0.2) is 0 Å². The summed E-state index contributed by atoms with van der Waals surface area (Å²) in [6.45, 7) is 1.77. The number of rotatable bonds is 5. The molecule has 0 unspecified atom stereocenters. The number of ether oxygens (including phenoxy) is 2. The minimum absolute atomic E-state index is 0.0179. The molecule has 1 spiro atoms. The fraction of sp³-hybridized carbons (Fsp3) is 0.650. The van der Waals surface area contributed by atoms with Crippen LogP contribution < -0.4 is 9.64 Å². The zero-order valence-corrected chi connectivity index (χ0v) is 16.1. The molecule has 1 aliphatic heterocycles. The molecule has 1 saturated carbocycles. The average Bonchev–Trinajstić information content (AvgIpc) is 2.95. The van der Waals surface area contributed by atoms with E-state index < -0.39 is 23.3 Å². The third-order valence-electron chi connectivity index (χ3n) is 5.99. The molecule has 1 heterocycles. The van der Waals surface area contributed by atoms with Gasteiger partial charge in [0.1, 0.15) is 5.75 Å². The normalized spacial score (nSPS) is 29.4. The van der Waals surface area contributed by atoms with Crippen molar-refractivity contribution in [2.75, 3.05) is 25.2 Å². The van der Waals surface area contributed by atoms with Crippen molar-refractivity contribution >= 4 is 11.6 Å². The lowest BCUT2D eigenvalue weighted by Crippen LogP contribution is -2.45. The van der Waals surface area contributed by atoms with Crippen LogP contribution in [0.25, 0.3) is 0 Å². The number of aliphatic hydroxyl groups is 1. The predicted octanol–water partition coefficient (Wildman–Crippen LogP) is 3.69. The van der Waals surface area contributed by atoms with Crippen LogP contribution in [-0.2, 0) is 9.53 Å². The molecule has 1 atom stereocenters. The number of methoxy groups -OCH3 is 1. The maximum absolute atomic E-state index is 13.1. The maximum atomic E-state index is 13.1. The lowest BCUT2D eigenvalue weighted by molar-refractivity contribution is -0.189. The van der Waals surface area contributed by atoms with Crippen molar-refractivity contribution in [2.24, 2.45) is 5.41 Å². The second kappa shape index (κ2) is 7.55. The van der Waals surface area contributed by atoms with Gasteiger partial charge in [0, 0.05) is 19.3 Å². The van der Waals surface area contributed by atoms with Gasteiger partial charge < -0.3 is 19.5 Å². The highest BCUT2D eigenvalue weighted by Crippen LogP contribution is 2.48. The summed E-state index contributed by atoms with van der Waals surface area (Å²) in [6.07, 6.45) is -3.38. The number of halogens is 3. The fourth-order valence-corrected chi connectivity index (χ4v) is 4.11. The van der Waals surface area contributed by atoms with Crippen molar-refractivity contribution in [3.05, 3.63) is 24.3 Å². The highest BCUT2D eigenvalue weighted by molar-refractivity contribution is 6.00. The first-order chi connectivity index (χ1) is 13.1. The third-order valence-corrected chi connectivity index (χ3v) is 5.99. The number of carbonyl (C=O) groups excluding carboxylic acids is 1. The quantitative estimate of drug-likeness (QED) is 0.818. The first kappa shape index (κ1) is 20.9. The summed E-state index contributed by atoms with van der Waals surface area (Å²) in [6, 6.07) is 6.13. The molecule has 2 fully saturated rings. The molecule has 3 rings (SSSR count). The van der Waals surface area contributed by atoms with Crippen LogP contribution in [0.1, 0.15) is 39.0 Å². The molecule has 0 aromatic heterocycles. The van der Waals surface area contributed by atoms with E-state index >= 15 is 0 Å². The molecule has 8 heteroatoms. The van der Waals surface area contributed by atoms with Gasteiger partial charge in [-0.3, -0.25) is 4.79 Å². The minimum atomic E-state index is -4.43. The van der Waals surface area contributed by atoms with Crippen LogP contribution in [0.3, 0.4) is 0 Å². The van der Waals surface area contributed by atoms with E-state index in [0.29, 0.717) is 44.3 Å². The molecule has 0 radical (unpaired) electrons. The van der Waals surface area contributed by atoms with Crippen molar-refractivity contribution in [3.8, 4) is 5.75 Å². The summed E-state index contributed by atoms with van der Waals surface area (Å²) in [5, 5.41) is 10.5. The van der Waals surface area contributed by atoms with Crippen molar-refractivity contribution in [1.29, 1.82) is 0 Å². The third kappa shape index (κ3) is 4.12. The van der Waals surface area contributed by atoms with E-state index in [1.807, 2.05) is 0 Å². The number of amides is 1. The first-order valence-electron chi connectivity index (χ1n) is 9.45. The molecule has 1 aromatic rings. The Morgan fingerprint density at radius 3 is 2.29 bits per heavy atom. The van der Waals surface area contributed by atoms with Crippen LogP contribution >= 0.6 is 0 Å². The molecule has 1 amide bonds. The predicted molar refractivity (Wildman–Crippen MR) is 97.3 cm³/mol. The molecule has 5 nitrogen and oxygen atoms in total. The lowest BCUT2D eigenvalue weighted by Gasteiger charge is -2.40. The molecule has 1 N–H and O–H groups in total. The Balaban J connectivity index is 1.65. The Morgan fingerprint density at radius 2 is 1.75 bits per heavy atom. The zero-order valence-electron chi connectivity index (χ0n) is 16.1. The van der Waals surface area contributed by atoms with Gasteiger partial charge in [0.25, 0.3) is 0 Å². The monoisotopic (exact) mass is 401 g/mol. The van der Waals surface area contributed by atoms with Crippen molar-refractivity contribution in [2.45, 2.75) is 56.9 Å². The van der Waals surface area contributed by atoms with Gasteiger partial charge in [-0.05, 0) is 63.3 Å². The molecular weight excluding hydrogens is 375 g/mol. The molecule has 156 valence electrons. The first-order valence-corrected chi connectivity index (χ1v) is 9.45. The largest absolute Gasteiger partial charge is 0.481 e. The van der Waals surface area contributed by atoms with Gasteiger partial charge in [-0.1, -0.05) is 0 Å². The highest BCUT2D eigenvalue weighted by Gasteiger charge is 2.51. The van der Waals surface area contributed by atoms with E-state index in [-0.39, 0.29) is 18.3 Å². The van der Waals surface area contributed by atoms with Gasteiger partial charge in [0.05, 0.1) is 17.6 Å². The van der Waals surface area contributed by atoms with E-state index in [2.05, 4.69) is 0 Å². The summed E-state index contributed by atoms with van der Waals surface area (Å²) in [5.41, 5.74) is -0.700. The van der Waals surface area contributed by atoms with Gasteiger partial charge >= 0.3 is 6.18 Å². The number of hydrogen-bond donors (Lipinski definition) is 1. The van der Waals surface area contributed by atoms with Gasteiger partial charge in [-0.15, -0.1) is 0 Å². The van der Waals surface area contributed by atoms with Gasteiger partial charge in [0.2, 0.25) is 5.91 Å². The highest BCUT2D eigenvalue weighted by atomic mass is 19.4. The van der Waals surface area contributed by atoms with Crippen LogP contribution in [0.2, 0.25) is 0 Å². The van der Waals surface area contributed by atoms with Crippen molar-refractivity contribution in [3.63, 3.8) is 0 Å². The van der Waals surface area contributed by atoms with Crippen LogP contribution in [0, 0.1) is 5.41 Å². The summed E-state index contributed by atoms with van der Waals surface area (Å²) < 4.78 is 47.8. The smallest absolute Gasteiger partial charge is 0.425 e. The zero-order chi connectivity index (χ0) is 20.6. The second-order valence-corrected chi connectivity index (χ2v) is 7.94. The number of carbonyl (C=O) groups is 1. The van der Waals surface area contributed by atoms with Crippen molar-refractivity contribution < 1.29 is 32.5 Å². The topological polar surface area (TPSA) is 59.0 Å². The lowest BCUT2D eigenvalue weighted by atomic mass is 9.68. The molecule has 0 bridgehead atoms. The standard InChI is InChI=1S/C20H26F3NO4/c1-14(20(21,22)23)28-16-5-3-15(4-6-16)24-12-11-18(17(24)25)7-9-19(26,10-8-18)13-27-2/h3-6,14,26H,7-13H2,1-2H3/t14-,18-,19+/m0/s1. The summed E-state index contributed by atoms with van der Waals surface area (Å²) in [4.78, 5) is 14.8.